The lowest BCUT2D eigenvalue weighted by Gasteiger charge is -2.19. The molecule has 0 fully saturated rings. The fraction of sp³-hybridized carbons (Fsp3) is 0.917. The van der Waals surface area contributed by atoms with Crippen LogP contribution < -0.4 is 5.32 Å². The molecule has 0 aliphatic heterocycles. The minimum atomic E-state index is -0.422. The van der Waals surface area contributed by atoms with Gasteiger partial charge in [0.15, 0.2) is 0 Å². The number of carbonyl (C=O) groups excluding carboxylic acids is 3. The molecule has 0 aliphatic rings. The number of hydrogen-bond donors (Lipinski definition) is 1. The van der Waals surface area contributed by atoms with E-state index >= 15 is 0 Å². The highest BCUT2D eigenvalue weighted by atomic mass is 16.6. The maximum atomic E-state index is 12.6. The van der Waals surface area contributed by atoms with E-state index in [2.05, 4.69) is 50.1 Å². The van der Waals surface area contributed by atoms with E-state index in [0.717, 1.165) is 58.2 Å². The van der Waals surface area contributed by atoms with Gasteiger partial charge in [0, 0.05) is 19.4 Å². The van der Waals surface area contributed by atoms with Gasteiger partial charge < -0.3 is 29.3 Å². The van der Waals surface area contributed by atoms with Crippen LogP contribution in [0.3, 0.4) is 0 Å². The summed E-state index contributed by atoms with van der Waals surface area (Å²) in [4.78, 5) is 41.2. The lowest BCUT2D eigenvalue weighted by Crippen LogP contribution is -2.32. The Morgan fingerprint density at radius 1 is 0.578 bits per heavy atom. The SMILES string of the molecule is CCCCCCCCC(=O)OCCCC(CCCOC(=O)CCCCCCCC)OC(=O)NCCCN(C)CCCCN(C)C. The molecule has 0 aromatic heterocycles. The summed E-state index contributed by atoms with van der Waals surface area (Å²) >= 11 is 0. The van der Waals surface area contributed by atoms with Crippen LogP contribution in [0.2, 0.25) is 0 Å². The first-order chi connectivity index (χ1) is 21.8. The lowest BCUT2D eigenvalue weighted by atomic mass is 10.1. The van der Waals surface area contributed by atoms with Gasteiger partial charge in [-0.05, 0) is 98.6 Å². The van der Waals surface area contributed by atoms with Gasteiger partial charge in [-0.2, -0.15) is 0 Å². The van der Waals surface area contributed by atoms with Crippen molar-refractivity contribution < 1.29 is 28.6 Å². The number of alkyl carbamates (subject to hydrolysis) is 1. The van der Waals surface area contributed by atoms with Gasteiger partial charge in [-0.1, -0.05) is 78.1 Å². The maximum absolute atomic E-state index is 12.6. The third-order valence-corrected chi connectivity index (χ3v) is 7.99. The Morgan fingerprint density at radius 3 is 1.56 bits per heavy atom. The summed E-state index contributed by atoms with van der Waals surface area (Å²) < 4.78 is 16.6. The first-order valence-electron chi connectivity index (χ1n) is 18.4. The zero-order valence-electron chi connectivity index (χ0n) is 30.0. The molecule has 0 heterocycles. The van der Waals surface area contributed by atoms with Crippen molar-refractivity contribution in [1.82, 2.24) is 15.1 Å². The monoisotopic (exact) mass is 642 g/mol. The highest BCUT2D eigenvalue weighted by Crippen LogP contribution is 2.13. The Balaban J connectivity index is 4.39. The van der Waals surface area contributed by atoms with Crippen LogP contribution in [0, 0.1) is 0 Å². The third-order valence-electron chi connectivity index (χ3n) is 7.99. The number of rotatable bonds is 32. The van der Waals surface area contributed by atoms with Crippen LogP contribution in [0.25, 0.3) is 0 Å². The Kier molecular flexibility index (Phi) is 30.8. The first-order valence-corrected chi connectivity index (χ1v) is 18.4. The molecule has 0 radical (unpaired) electrons. The molecule has 0 bridgehead atoms. The van der Waals surface area contributed by atoms with Crippen molar-refractivity contribution >= 4 is 18.0 Å². The normalized spacial score (nSPS) is 11.4. The second-order valence-corrected chi connectivity index (χ2v) is 12.9. The summed E-state index contributed by atoms with van der Waals surface area (Å²) in [6.07, 6.45) is 19.4. The van der Waals surface area contributed by atoms with Gasteiger partial charge in [-0.25, -0.2) is 4.79 Å². The van der Waals surface area contributed by atoms with Gasteiger partial charge in [0.25, 0.3) is 0 Å². The number of amides is 1. The van der Waals surface area contributed by atoms with Crippen molar-refractivity contribution in [2.24, 2.45) is 0 Å². The van der Waals surface area contributed by atoms with Gasteiger partial charge in [0.05, 0.1) is 13.2 Å². The average Bonchev–Trinajstić information content (AvgIpc) is 3.01. The van der Waals surface area contributed by atoms with Crippen LogP contribution in [-0.4, -0.2) is 94.5 Å². The predicted octanol–water partition coefficient (Wildman–Crippen LogP) is 7.89. The maximum Gasteiger partial charge on any atom is 0.407 e. The number of hydrogen-bond acceptors (Lipinski definition) is 8. The number of esters is 2. The lowest BCUT2D eigenvalue weighted by molar-refractivity contribution is -0.144. The van der Waals surface area contributed by atoms with Gasteiger partial charge in [0.1, 0.15) is 6.10 Å². The Bertz CT molecular complexity index is 670. The summed E-state index contributed by atoms with van der Waals surface area (Å²) in [5.41, 5.74) is 0. The molecule has 9 heteroatoms. The third kappa shape index (κ3) is 31.9. The van der Waals surface area contributed by atoms with E-state index < -0.39 is 6.09 Å². The van der Waals surface area contributed by atoms with Crippen molar-refractivity contribution in [1.29, 1.82) is 0 Å². The Labute approximate surface area is 276 Å². The summed E-state index contributed by atoms with van der Waals surface area (Å²) in [6.45, 7) is 8.66. The topological polar surface area (TPSA) is 97.4 Å². The number of ether oxygens (including phenoxy) is 3. The van der Waals surface area contributed by atoms with Crippen LogP contribution in [-0.2, 0) is 23.8 Å². The highest BCUT2D eigenvalue weighted by Gasteiger charge is 2.15. The molecule has 266 valence electrons. The molecule has 0 saturated carbocycles. The van der Waals surface area contributed by atoms with Gasteiger partial charge in [0.2, 0.25) is 0 Å². The summed E-state index contributed by atoms with van der Waals surface area (Å²) in [5, 5.41) is 2.89. The van der Waals surface area contributed by atoms with Crippen LogP contribution in [0.5, 0.6) is 0 Å². The van der Waals surface area contributed by atoms with Crippen molar-refractivity contribution in [2.75, 3.05) is 60.5 Å². The van der Waals surface area contributed by atoms with Crippen molar-refractivity contribution in [3.8, 4) is 0 Å². The molecule has 0 unspecified atom stereocenters. The zero-order chi connectivity index (χ0) is 33.4. The van der Waals surface area contributed by atoms with Crippen molar-refractivity contribution in [3.63, 3.8) is 0 Å². The van der Waals surface area contributed by atoms with E-state index in [9.17, 15) is 14.4 Å². The smallest absolute Gasteiger partial charge is 0.407 e. The van der Waals surface area contributed by atoms with Gasteiger partial charge in [-0.15, -0.1) is 0 Å². The molecule has 0 aliphatic carbocycles. The molecule has 45 heavy (non-hydrogen) atoms. The fourth-order valence-electron chi connectivity index (χ4n) is 5.15. The summed E-state index contributed by atoms with van der Waals surface area (Å²) in [5.74, 6) is -0.304. The van der Waals surface area contributed by atoms with E-state index in [1.54, 1.807) is 0 Å². The van der Waals surface area contributed by atoms with Crippen LogP contribution in [0.4, 0.5) is 4.79 Å². The van der Waals surface area contributed by atoms with E-state index in [-0.39, 0.29) is 18.0 Å². The molecule has 1 N–H and O–H groups in total. The largest absolute Gasteiger partial charge is 0.466 e. The summed E-state index contributed by atoms with van der Waals surface area (Å²) in [7, 11) is 6.31. The molecule has 0 atom stereocenters. The minimum absolute atomic E-state index is 0.152. The van der Waals surface area contributed by atoms with Crippen LogP contribution in [0.15, 0.2) is 0 Å². The number of carbonyl (C=O) groups is 3. The Hall–Kier alpha value is -1.87. The van der Waals surface area contributed by atoms with Gasteiger partial charge >= 0.3 is 18.0 Å². The molecule has 1 amide bonds. The first kappa shape index (κ1) is 43.1. The average molecular weight is 642 g/mol. The number of nitrogens with one attached hydrogen (secondary N) is 1. The molecule has 9 nitrogen and oxygen atoms in total. The van der Waals surface area contributed by atoms with Gasteiger partial charge in [-0.3, -0.25) is 9.59 Å². The molecular formula is C36H71N3O6. The molecule has 0 saturated heterocycles. The zero-order valence-corrected chi connectivity index (χ0v) is 30.0. The molecular weight excluding hydrogens is 570 g/mol. The summed E-state index contributed by atoms with van der Waals surface area (Å²) in [6, 6.07) is 0. The minimum Gasteiger partial charge on any atom is -0.466 e. The second kappa shape index (κ2) is 32.1. The quantitative estimate of drug-likeness (QED) is 0.0450. The van der Waals surface area contributed by atoms with Crippen LogP contribution >= 0.6 is 0 Å². The predicted molar refractivity (Wildman–Crippen MR) is 185 cm³/mol. The van der Waals surface area contributed by atoms with E-state index in [1.807, 2.05) is 0 Å². The van der Waals surface area contributed by atoms with E-state index in [0.29, 0.717) is 58.3 Å². The fourth-order valence-corrected chi connectivity index (χ4v) is 5.15. The van der Waals surface area contributed by atoms with Crippen LogP contribution in [0.1, 0.15) is 149 Å². The number of nitrogens with zero attached hydrogens (tertiary/aromatic N) is 2. The van der Waals surface area contributed by atoms with Crippen molar-refractivity contribution in [3.05, 3.63) is 0 Å². The Morgan fingerprint density at radius 2 is 1.04 bits per heavy atom. The van der Waals surface area contributed by atoms with Crippen molar-refractivity contribution in [2.45, 2.75) is 155 Å². The highest BCUT2D eigenvalue weighted by molar-refractivity contribution is 5.69. The molecule has 0 aromatic rings. The molecule has 0 rings (SSSR count). The molecule has 0 aromatic carbocycles. The number of unbranched alkanes of at least 4 members (excludes halogenated alkanes) is 11. The van der Waals surface area contributed by atoms with E-state index in [4.69, 9.17) is 14.2 Å². The second-order valence-electron chi connectivity index (χ2n) is 12.9. The van der Waals surface area contributed by atoms with E-state index in [1.165, 1.54) is 57.8 Å². The standard InChI is InChI=1S/C36H71N3O6/c1-6-8-10-12-14-16-25-34(40)43-31-20-23-33(24-21-32-44-35(41)26-17-15-13-11-9-7-2)45-36(42)37-27-22-30-39(5)29-19-18-28-38(3)4/h33H,6-32H2,1-5H3,(H,37,42). The molecule has 0 spiro atoms.